The minimum Gasteiger partial charge on any atom is -0.382 e. The van der Waals surface area contributed by atoms with Gasteiger partial charge in [0.25, 0.3) is 11.8 Å². The van der Waals surface area contributed by atoms with E-state index in [0.29, 0.717) is 181 Å². The third kappa shape index (κ3) is 29.0. The summed E-state index contributed by atoms with van der Waals surface area (Å²) >= 11 is 1.73. The standard InChI is InChI=1S/C62H91N5O15S/c1-4-67(5-2)54-16-17-58(56(48-54)59-47-53(18-20-63-59)62(70)65-57-15-9-12-51-11-6-7-14-55(51)57)66-61(69)52-13-8-10-50(46-52)49-83-45-44-82-43-42-81-41-32-75-28-26-72-22-19-60(68)64-21-23-73-27-29-76-33-34-78-37-38-80-40-39-79-36-35-77-31-30-74-25-24-71-3/h6-8,10-11,13-14,16-18,20,46-48,57H,4-5,9,12,15,19,21-45,49H2,1-3H3,(H,64,68)(H,65,70)(H,66,69). The van der Waals surface area contributed by atoms with Gasteiger partial charge in [-0.3, -0.25) is 19.4 Å². The lowest BCUT2D eigenvalue weighted by Gasteiger charge is -2.26. The predicted molar refractivity (Wildman–Crippen MR) is 322 cm³/mol. The van der Waals surface area contributed by atoms with Crippen molar-refractivity contribution in [3.63, 3.8) is 0 Å². The maximum absolute atomic E-state index is 13.8. The summed E-state index contributed by atoms with van der Waals surface area (Å²) in [7, 11) is 1.64. The van der Waals surface area contributed by atoms with Crippen LogP contribution < -0.4 is 20.9 Å². The molecule has 1 aliphatic carbocycles. The Morgan fingerprint density at radius 2 is 1.13 bits per heavy atom. The molecular weight excluding hydrogens is 1090 g/mol. The van der Waals surface area contributed by atoms with Crippen LogP contribution in [0.1, 0.15) is 76.6 Å². The van der Waals surface area contributed by atoms with Crippen molar-refractivity contribution in [3.05, 3.63) is 113 Å². The molecule has 1 aromatic heterocycles. The molecule has 4 aromatic rings. The van der Waals surface area contributed by atoms with E-state index in [9.17, 15) is 14.4 Å². The highest BCUT2D eigenvalue weighted by atomic mass is 32.2. The number of benzene rings is 3. The number of hydrogen-bond donors (Lipinski definition) is 3. The molecule has 1 aliphatic rings. The summed E-state index contributed by atoms with van der Waals surface area (Å²) in [5.74, 6) is 1.01. The van der Waals surface area contributed by atoms with Crippen molar-refractivity contribution in [3.8, 4) is 11.3 Å². The van der Waals surface area contributed by atoms with E-state index in [4.69, 9.17) is 61.8 Å². The fraction of sp³-hybridized carbons (Fsp3) is 0.581. The highest BCUT2D eigenvalue weighted by molar-refractivity contribution is 7.98. The Morgan fingerprint density at radius 1 is 0.578 bits per heavy atom. The van der Waals surface area contributed by atoms with Crippen LogP contribution in [0, 0.1) is 0 Å². The summed E-state index contributed by atoms with van der Waals surface area (Å²) in [6.07, 6.45) is 4.84. The van der Waals surface area contributed by atoms with Crippen LogP contribution in [-0.4, -0.2) is 207 Å². The highest BCUT2D eigenvalue weighted by Gasteiger charge is 2.23. The predicted octanol–water partition coefficient (Wildman–Crippen LogP) is 7.22. The summed E-state index contributed by atoms with van der Waals surface area (Å²) in [4.78, 5) is 46.6. The smallest absolute Gasteiger partial charge is 0.255 e. The van der Waals surface area contributed by atoms with Crippen molar-refractivity contribution < 1.29 is 71.2 Å². The fourth-order valence-corrected chi connectivity index (χ4v) is 9.44. The van der Waals surface area contributed by atoms with Gasteiger partial charge in [-0.05, 0) is 92.3 Å². The average molecular weight is 1180 g/mol. The largest absolute Gasteiger partial charge is 0.382 e. The minimum absolute atomic E-state index is 0.0503. The number of carbonyl (C=O) groups excluding carboxylic acids is 3. The lowest BCUT2D eigenvalue weighted by molar-refractivity contribution is -0.122. The number of fused-ring (bicyclic) bond motifs is 1. The van der Waals surface area contributed by atoms with Crippen LogP contribution in [0.5, 0.6) is 0 Å². The number of thioether (sulfide) groups is 1. The van der Waals surface area contributed by atoms with Crippen LogP contribution in [0.3, 0.4) is 0 Å². The Bertz CT molecular complexity index is 2390. The number of pyridine rings is 1. The molecule has 1 heterocycles. The first kappa shape index (κ1) is 68.7. The Labute approximate surface area is 495 Å². The second-order valence-electron chi connectivity index (χ2n) is 19.0. The molecule has 3 amide bonds. The monoisotopic (exact) mass is 1180 g/mol. The number of aromatic nitrogens is 1. The van der Waals surface area contributed by atoms with E-state index in [-0.39, 0.29) is 30.2 Å². The first-order chi connectivity index (χ1) is 40.9. The van der Waals surface area contributed by atoms with E-state index in [2.05, 4.69) is 52.9 Å². The summed E-state index contributed by atoms with van der Waals surface area (Å²) < 4.78 is 65.6. The zero-order valence-electron chi connectivity index (χ0n) is 49.2. The summed E-state index contributed by atoms with van der Waals surface area (Å²) in [6, 6.07) is 25.4. The van der Waals surface area contributed by atoms with Gasteiger partial charge in [0.1, 0.15) is 0 Å². The number of carbonyl (C=O) groups is 3. The number of rotatable bonds is 49. The van der Waals surface area contributed by atoms with Gasteiger partial charge < -0.3 is 77.7 Å². The van der Waals surface area contributed by atoms with Crippen LogP contribution >= 0.6 is 11.8 Å². The Hall–Kier alpha value is -5.11. The average Bonchev–Trinajstić information content (AvgIpc) is 3.67. The number of nitrogens with one attached hydrogen (secondary N) is 3. The second-order valence-corrected chi connectivity index (χ2v) is 20.1. The number of anilines is 2. The number of ether oxygens (including phenoxy) is 12. The number of amides is 3. The molecule has 0 bridgehead atoms. The van der Waals surface area contributed by atoms with Gasteiger partial charge in [-0.25, -0.2) is 0 Å². The van der Waals surface area contributed by atoms with Gasteiger partial charge in [0.2, 0.25) is 5.91 Å². The zero-order valence-corrected chi connectivity index (χ0v) is 50.0. The topological polar surface area (TPSA) is 214 Å². The number of hydrogen-bond acceptors (Lipinski definition) is 18. The van der Waals surface area contributed by atoms with E-state index < -0.39 is 0 Å². The molecule has 0 radical (unpaired) electrons. The molecule has 5 rings (SSSR count). The van der Waals surface area contributed by atoms with E-state index in [1.54, 1.807) is 31.1 Å². The molecule has 0 saturated carbocycles. The molecule has 83 heavy (non-hydrogen) atoms. The Balaban J connectivity index is 0.817. The molecule has 3 N–H and O–H groups in total. The van der Waals surface area contributed by atoms with Crippen molar-refractivity contribution in [1.29, 1.82) is 0 Å². The summed E-state index contributed by atoms with van der Waals surface area (Å²) in [5, 5.41) is 9.24. The Morgan fingerprint density at radius 3 is 1.73 bits per heavy atom. The van der Waals surface area contributed by atoms with E-state index in [1.807, 2.05) is 54.6 Å². The van der Waals surface area contributed by atoms with Gasteiger partial charge in [-0.2, -0.15) is 11.8 Å². The van der Waals surface area contributed by atoms with Crippen molar-refractivity contribution in [2.45, 2.75) is 51.3 Å². The van der Waals surface area contributed by atoms with Crippen molar-refractivity contribution in [2.24, 2.45) is 0 Å². The van der Waals surface area contributed by atoms with Crippen LogP contribution in [0.2, 0.25) is 0 Å². The first-order valence-corrected chi connectivity index (χ1v) is 30.4. The molecule has 1 atom stereocenters. The lowest BCUT2D eigenvalue weighted by Crippen LogP contribution is -2.31. The molecule has 0 saturated heterocycles. The molecule has 20 nitrogen and oxygen atoms in total. The highest BCUT2D eigenvalue weighted by Crippen LogP contribution is 2.33. The van der Waals surface area contributed by atoms with E-state index in [1.165, 1.54) is 11.1 Å². The maximum Gasteiger partial charge on any atom is 0.255 e. The maximum atomic E-state index is 13.8. The minimum atomic E-state index is -0.234. The molecular formula is C62H91N5O15S. The summed E-state index contributed by atoms with van der Waals surface area (Å²) in [5.41, 5.74) is 7.48. The Kier molecular flexibility index (Phi) is 36.7. The van der Waals surface area contributed by atoms with Gasteiger partial charge in [-0.1, -0.05) is 36.4 Å². The molecule has 3 aromatic carbocycles. The molecule has 1 unspecified atom stereocenters. The third-order valence-corrected chi connectivity index (χ3v) is 14.0. The van der Waals surface area contributed by atoms with Crippen molar-refractivity contribution in [1.82, 2.24) is 15.6 Å². The lowest BCUT2D eigenvalue weighted by atomic mass is 9.87. The molecule has 0 fully saturated rings. The fourth-order valence-electron chi connectivity index (χ4n) is 8.65. The van der Waals surface area contributed by atoms with Gasteiger partial charge in [0, 0.05) is 73.2 Å². The SMILES string of the molecule is CCN(CC)c1ccc(NC(=O)c2cccc(CSCCOCCOCCOCCOCCC(=O)NCCOCCOCCOCCOCCOCCOCCOCCOC)c2)c(-c2cc(C(=O)NC3CCCc4ccccc43)ccn2)c1. The van der Waals surface area contributed by atoms with Crippen LogP contribution in [-0.2, 0) is 73.8 Å². The molecule has 0 spiro atoms. The molecule has 21 heteroatoms. The zero-order chi connectivity index (χ0) is 58.6. The van der Waals surface area contributed by atoms with Gasteiger partial charge in [0.15, 0.2) is 0 Å². The van der Waals surface area contributed by atoms with Crippen LogP contribution in [0.15, 0.2) is 85.1 Å². The van der Waals surface area contributed by atoms with Crippen molar-refractivity contribution >= 4 is 40.9 Å². The molecule has 460 valence electrons. The van der Waals surface area contributed by atoms with Gasteiger partial charge in [-0.15, -0.1) is 0 Å². The van der Waals surface area contributed by atoms with E-state index >= 15 is 0 Å². The van der Waals surface area contributed by atoms with Gasteiger partial charge in [0.05, 0.1) is 169 Å². The van der Waals surface area contributed by atoms with Gasteiger partial charge >= 0.3 is 0 Å². The second kappa shape index (κ2) is 44.4. The number of aryl methyl sites for hydroxylation is 1. The number of methoxy groups -OCH3 is 1. The quantitative estimate of drug-likeness (QED) is 0.0372. The van der Waals surface area contributed by atoms with Crippen LogP contribution in [0.4, 0.5) is 11.4 Å². The third-order valence-electron chi connectivity index (χ3n) is 13.0. The van der Waals surface area contributed by atoms with Crippen molar-refractivity contribution in [2.75, 3.05) is 195 Å². The summed E-state index contributed by atoms with van der Waals surface area (Å²) in [6.45, 7) is 17.1. The number of nitrogens with zero attached hydrogens (tertiary/aromatic N) is 2. The molecule has 0 aliphatic heterocycles. The first-order valence-electron chi connectivity index (χ1n) is 29.2. The normalized spacial score (nSPS) is 13.0. The van der Waals surface area contributed by atoms with Crippen LogP contribution in [0.25, 0.3) is 11.3 Å². The van der Waals surface area contributed by atoms with E-state index in [0.717, 1.165) is 60.7 Å².